The van der Waals surface area contributed by atoms with Crippen LogP contribution in [0, 0.1) is 0 Å². The minimum atomic E-state index is -0.0514. The number of carbonyl (C=O) groups is 1. The van der Waals surface area contributed by atoms with Crippen molar-refractivity contribution < 1.29 is 4.79 Å². The molecule has 1 unspecified atom stereocenters. The van der Waals surface area contributed by atoms with Gasteiger partial charge in [-0.25, -0.2) is 0 Å². The Kier molecular flexibility index (Phi) is 5.85. The normalized spacial score (nSPS) is 12.2. The van der Waals surface area contributed by atoms with E-state index in [0.29, 0.717) is 11.4 Å². The molecule has 0 aromatic heterocycles. The summed E-state index contributed by atoms with van der Waals surface area (Å²) in [5.74, 6) is 0.513. The maximum atomic E-state index is 11.9. The fourth-order valence-corrected chi connectivity index (χ4v) is 2.15. The van der Waals surface area contributed by atoms with Crippen LogP contribution in [0.3, 0.4) is 0 Å². The molecule has 1 N–H and O–H groups in total. The second-order valence-electron chi connectivity index (χ2n) is 3.54. The molecule has 88 valence electrons. The Morgan fingerprint density at radius 3 is 2.75 bits per heavy atom. The highest BCUT2D eigenvalue weighted by atomic mass is 79.9. The lowest BCUT2D eigenvalue weighted by Gasteiger charge is -2.16. The van der Waals surface area contributed by atoms with Crippen LogP contribution in [-0.4, -0.2) is 17.8 Å². The summed E-state index contributed by atoms with van der Waals surface area (Å²) in [7, 11) is 0. The molecule has 0 bridgehead atoms. The Hall–Kier alpha value is -0.540. The number of rotatable bonds is 5. The zero-order valence-corrected chi connectivity index (χ0v) is 11.5. The third-order valence-corrected chi connectivity index (χ3v) is 3.31. The van der Waals surface area contributed by atoms with Crippen molar-refractivity contribution in [1.82, 2.24) is 5.32 Å². The predicted molar refractivity (Wildman–Crippen MR) is 71.0 cm³/mol. The van der Waals surface area contributed by atoms with Gasteiger partial charge in [-0.3, -0.25) is 4.79 Å². The first-order valence-corrected chi connectivity index (χ1v) is 6.63. The standard InChI is InChI=1S/C12H15BrClNO/c1-2-9(7-8-14)15-12(16)10-5-3-4-6-11(10)13/h3-6,9H,2,7-8H2,1H3,(H,15,16). The Balaban J connectivity index is 2.68. The van der Waals surface area contributed by atoms with E-state index in [1.165, 1.54) is 0 Å². The van der Waals surface area contributed by atoms with Gasteiger partial charge in [-0.15, -0.1) is 11.6 Å². The SMILES string of the molecule is CCC(CCCl)NC(=O)c1ccccc1Br. The molecule has 2 nitrogen and oxygen atoms in total. The summed E-state index contributed by atoms with van der Waals surface area (Å²) >= 11 is 9.04. The highest BCUT2D eigenvalue weighted by Gasteiger charge is 2.13. The van der Waals surface area contributed by atoms with Gasteiger partial charge in [-0.2, -0.15) is 0 Å². The van der Waals surface area contributed by atoms with E-state index in [4.69, 9.17) is 11.6 Å². The van der Waals surface area contributed by atoms with Crippen LogP contribution >= 0.6 is 27.5 Å². The number of halogens is 2. The smallest absolute Gasteiger partial charge is 0.252 e. The topological polar surface area (TPSA) is 29.1 Å². The summed E-state index contributed by atoms with van der Waals surface area (Å²) in [6, 6.07) is 7.54. The summed E-state index contributed by atoms with van der Waals surface area (Å²) in [4.78, 5) is 11.9. The highest BCUT2D eigenvalue weighted by molar-refractivity contribution is 9.10. The van der Waals surface area contributed by atoms with Crippen molar-refractivity contribution >= 4 is 33.4 Å². The molecule has 0 aliphatic carbocycles. The van der Waals surface area contributed by atoms with Crippen molar-refractivity contribution in [1.29, 1.82) is 0 Å². The number of hydrogen-bond acceptors (Lipinski definition) is 1. The maximum Gasteiger partial charge on any atom is 0.252 e. The largest absolute Gasteiger partial charge is 0.349 e. The Morgan fingerprint density at radius 1 is 1.50 bits per heavy atom. The number of carbonyl (C=O) groups excluding carboxylic acids is 1. The van der Waals surface area contributed by atoms with Gasteiger partial charge >= 0.3 is 0 Å². The monoisotopic (exact) mass is 303 g/mol. The fourth-order valence-electron chi connectivity index (χ4n) is 1.42. The van der Waals surface area contributed by atoms with Gasteiger partial charge in [0.25, 0.3) is 5.91 Å². The van der Waals surface area contributed by atoms with Gasteiger partial charge in [-0.05, 0) is 40.9 Å². The van der Waals surface area contributed by atoms with Crippen molar-refractivity contribution in [2.75, 3.05) is 5.88 Å². The molecule has 1 amide bonds. The van der Waals surface area contributed by atoms with Crippen LogP contribution in [0.15, 0.2) is 28.7 Å². The molecular formula is C12H15BrClNO. The van der Waals surface area contributed by atoms with E-state index in [1.54, 1.807) is 6.07 Å². The maximum absolute atomic E-state index is 11.9. The van der Waals surface area contributed by atoms with E-state index >= 15 is 0 Å². The van der Waals surface area contributed by atoms with Gasteiger partial charge in [0.1, 0.15) is 0 Å². The van der Waals surface area contributed by atoms with Crippen molar-refractivity contribution in [2.24, 2.45) is 0 Å². The molecule has 0 saturated heterocycles. The Labute approximate surface area is 110 Å². The third kappa shape index (κ3) is 3.80. The first kappa shape index (κ1) is 13.5. The lowest BCUT2D eigenvalue weighted by molar-refractivity contribution is 0.0934. The molecule has 0 spiro atoms. The average molecular weight is 305 g/mol. The van der Waals surface area contributed by atoms with Gasteiger partial charge in [0.2, 0.25) is 0 Å². The number of benzene rings is 1. The number of nitrogens with one attached hydrogen (secondary N) is 1. The summed E-state index contributed by atoms with van der Waals surface area (Å²) < 4.78 is 0.813. The highest BCUT2D eigenvalue weighted by Crippen LogP contribution is 2.16. The summed E-state index contributed by atoms with van der Waals surface area (Å²) in [6.07, 6.45) is 1.69. The molecule has 1 rings (SSSR count). The zero-order chi connectivity index (χ0) is 12.0. The van der Waals surface area contributed by atoms with Crippen molar-refractivity contribution in [3.8, 4) is 0 Å². The van der Waals surface area contributed by atoms with E-state index in [0.717, 1.165) is 17.3 Å². The molecule has 1 aromatic carbocycles. The molecule has 1 atom stereocenters. The van der Waals surface area contributed by atoms with Crippen LogP contribution in [0.2, 0.25) is 0 Å². The summed E-state index contributed by atoms with van der Waals surface area (Å²) in [5, 5.41) is 2.97. The predicted octanol–water partition coefficient (Wildman–Crippen LogP) is 3.59. The lowest BCUT2D eigenvalue weighted by atomic mass is 10.1. The number of amides is 1. The van der Waals surface area contributed by atoms with E-state index in [2.05, 4.69) is 21.2 Å². The molecule has 0 aliphatic rings. The first-order chi connectivity index (χ1) is 7.69. The second kappa shape index (κ2) is 6.92. The fraction of sp³-hybridized carbons (Fsp3) is 0.417. The van der Waals surface area contributed by atoms with E-state index < -0.39 is 0 Å². The van der Waals surface area contributed by atoms with Crippen LogP contribution in [-0.2, 0) is 0 Å². The van der Waals surface area contributed by atoms with Crippen LogP contribution in [0.1, 0.15) is 30.1 Å². The molecule has 4 heteroatoms. The molecule has 0 aliphatic heterocycles. The molecule has 0 fully saturated rings. The Morgan fingerprint density at radius 2 is 2.19 bits per heavy atom. The average Bonchev–Trinajstić information content (AvgIpc) is 2.28. The van der Waals surface area contributed by atoms with Crippen molar-refractivity contribution in [3.05, 3.63) is 34.3 Å². The third-order valence-electron chi connectivity index (χ3n) is 2.40. The molecule has 0 radical (unpaired) electrons. The van der Waals surface area contributed by atoms with E-state index in [9.17, 15) is 4.79 Å². The van der Waals surface area contributed by atoms with Gasteiger partial charge in [0.15, 0.2) is 0 Å². The van der Waals surface area contributed by atoms with Crippen LogP contribution < -0.4 is 5.32 Å². The van der Waals surface area contributed by atoms with Gasteiger partial charge < -0.3 is 5.32 Å². The first-order valence-electron chi connectivity index (χ1n) is 5.30. The van der Waals surface area contributed by atoms with E-state index in [1.807, 2.05) is 25.1 Å². The van der Waals surface area contributed by atoms with Crippen LogP contribution in [0.5, 0.6) is 0 Å². The van der Waals surface area contributed by atoms with Crippen LogP contribution in [0.4, 0.5) is 0 Å². The minimum absolute atomic E-state index is 0.0514. The molecular weight excluding hydrogens is 289 g/mol. The van der Waals surface area contributed by atoms with Gasteiger partial charge in [0, 0.05) is 16.4 Å². The molecule has 1 aromatic rings. The van der Waals surface area contributed by atoms with Gasteiger partial charge in [-0.1, -0.05) is 19.1 Å². The van der Waals surface area contributed by atoms with Crippen LogP contribution in [0.25, 0.3) is 0 Å². The molecule has 0 saturated carbocycles. The van der Waals surface area contributed by atoms with Gasteiger partial charge in [0.05, 0.1) is 5.56 Å². The minimum Gasteiger partial charge on any atom is -0.349 e. The quantitative estimate of drug-likeness (QED) is 0.828. The number of alkyl halides is 1. The molecule has 16 heavy (non-hydrogen) atoms. The number of hydrogen-bond donors (Lipinski definition) is 1. The lowest BCUT2D eigenvalue weighted by Crippen LogP contribution is -2.34. The summed E-state index contributed by atoms with van der Waals surface area (Å²) in [5.41, 5.74) is 0.663. The summed E-state index contributed by atoms with van der Waals surface area (Å²) in [6.45, 7) is 2.04. The van der Waals surface area contributed by atoms with Crippen molar-refractivity contribution in [2.45, 2.75) is 25.8 Å². The second-order valence-corrected chi connectivity index (χ2v) is 4.77. The molecule has 0 heterocycles. The van der Waals surface area contributed by atoms with E-state index in [-0.39, 0.29) is 11.9 Å². The van der Waals surface area contributed by atoms with Crippen molar-refractivity contribution in [3.63, 3.8) is 0 Å². The Bertz CT molecular complexity index is 357. The zero-order valence-electron chi connectivity index (χ0n) is 9.17.